The molecule has 4 aromatic rings. The molecule has 0 saturated heterocycles. The third kappa shape index (κ3) is 5.59. The highest BCUT2D eigenvalue weighted by Crippen LogP contribution is 2.25. The first-order valence-corrected chi connectivity index (χ1v) is 12.5. The average Bonchev–Trinajstić information content (AvgIpc) is 2.88. The number of likely N-dealkylation sites (N-methyl/N-ethyl adjacent to an activating group) is 1. The van der Waals surface area contributed by atoms with Crippen LogP contribution >= 0.6 is 23.2 Å². The van der Waals surface area contributed by atoms with Crippen molar-refractivity contribution in [2.24, 2.45) is 0 Å². The number of hydrogen-bond donors (Lipinski definition) is 1. The molecule has 0 aliphatic rings. The van der Waals surface area contributed by atoms with Gasteiger partial charge in [-0.15, -0.1) is 0 Å². The Morgan fingerprint density at radius 2 is 1.81 bits per heavy atom. The average molecular weight is 524 g/mol. The summed E-state index contributed by atoms with van der Waals surface area (Å²) in [4.78, 5) is 37.4. The molecule has 1 atom stereocenters. The van der Waals surface area contributed by atoms with Crippen LogP contribution in [0.5, 0.6) is 0 Å². The summed E-state index contributed by atoms with van der Waals surface area (Å²) in [7, 11) is 1.95. The molecule has 7 nitrogen and oxygen atoms in total. The summed E-state index contributed by atoms with van der Waals surface area (Å²) in [5.74, 6) is 0.717. The number of carbonyl (C=O) groups excluding carboxylic acids is 1. The van der Waals surface area contributed by atoms with Gasteiger partial charge in [-0.2, -0.15) is 0 Å². The fourth-order valence-corrected chi connectivity index (χ4v) is 4.10. The van der Waals surface area contributed by atoms with E-state index in [0.29, 0.717) is 43.8 Å². The molecule has 1 amide bonds. The number of aromatic nitrogens is 3. The number of nitrogens with zero attached hydrogens (tertiary/aromatic N) is 4. The molecule has 0 radical (unpaired) electrons. The minimum Gasteiger partial charge on any atom is -0.325 e. The van der Waals surface area contributed by atoms with E-state index >= 15 is 0 Å². The highest BCUT2D eigenvalue weighted by atomic mass is 35.5. The van der Waals surface area contributed by atoms with Crippen molar-refractivity contribution >= 4 is 45.7 Å². The zero-order valence-electron chi connectivity index (χ0n) is 20.3. The molecule has 1 N–H and O–H groups in total. The maximum atomic E-state index is 13.5. The largest absolute Gasteiger partial charge is 0.325 e. The van der Waals surface area contributed by atoms with E-state index in [1.54, 1.807) is 42.5 Å². The van der Waals surface area contributed by atoms with Crippen molar-refractivity contribution in [3.63, 3.8) is 0 Å². The number of fused-ring (bicyclic) bond motifs is 1. The summed E-state index contributed by atoms with van der Waals surface area (Å²) in [6.07, 6.45) is 3.59. The van der Waals surface area contributed by atoms with Gasteiger partial charge in [0.2, 0.25) is 5.91 Å². The van der Waals surface area contributed by atoms with E-state index in [9.17, 15) is 9.59 Å². The maximum absolute atomic E-state index is 13.5. The number of benzene rings is 2. The normalized spacial score (nSPS) is 12.2. The van der Waals surface area contributed by atoms with Gasteiger partial charge in [-0.3, -0.25) is 14.5 Å². The van der Waals surface area contributed by atoms with E-state index < -0.39 is 0 Å². The predicted molar refractivity (Wildman–Crippen MR) is 146 cm³/mol. The summed E-state index contributed by atoms with van der Waals surface area (Å²) < 4.78 is 1.44. The number of hydrogen-bond acceptors (Lipinski definition) is 5. The van der Waals surface area contributed by atoms with Crippen molar-refractivity contribution in [1.29, 1.82) is 0 Å². The van der Waals surface area contributed by atoms with Gasteiger partial charge in [0.15, 0.2) is 0 Å². The Morgan fingerprint density at radius 1 is 1.08 bits per heavy atom. The smallest absolute Gasteiger partial charge is 0.267 e. The Labute approximate surface area is 219 Å². The number of rotatable bonds is 8. The topological polar surface area (TPSA) is 80.1 Å². The third-order valence-electron chi connectivity index (χ3n) is 6.09. The number of carbonyl (C=O) groups is 1. The van der Waals surface area contributed by atoms with Crippen LogP contribution in [0.2, 0.25) is 10.0 Å². The highest BCUT2D eigenvalue weighted by molar-refractivity contribution is 6.31. The summed E-state index contributed by atoms with van der Waals surface area (Å²) in [5, 5.41) is 4.25. The molecule has 2 aromatic heterocycles. The fraction of sp³-hybridized carbons (Fsp3) is 0.259. The van der Waals surface area contributed by atoms with Gasteiger partial charge in [-0.25, -0.2) is 14.5 Å². The van der Waals surface area contributed by atoms with Gasteiger partial charge >= 0.3 is 0 Å². The second-order valence-electron chi connectivity index (χ2n) is 8.65. The number of pyridine rings is 1. The Balaban J connectivity index is 1.70. The van der Waals surface area contributed by atoms with Crippen LogP contribution in [-0.2, 0) is 4.79 Å². The maximum Gasteiger partial charge on any atom is 0.267 e. The lowest BCUT2D eigenvalue weighted by Crippen LogP contribution is -2.40. The predicted octanol–water partition coefficient (Wildman–Crippen LogP) is 5.81. The van der Waals surface area contributed by atoms with Crippen LogP contribution < -0.4 is 10.9 Å². The molecule has 0 spiro atoms. The van der Waals surface area contributed by atoms with Gasteiger partial charge in [-0.05, 0) is 81.5 Å². The van der Waals surface area contributed by atoms with Gasteiger partial charge in [0.05, 0.1) is 22.0 Å². The molecular weight excluding hydrogens is 497 g/mol. The number of anilines is 1. The van der Waals surface area contributed by atoms with Gasteiger partial charge < -0.3 is 5.32 Å². The molecular formula is C27H27Cl2N5O2. The monoisotopic (exact) mass is 523 g/mol. The standard InChI is InChI=1S/C27H27Cl2N5O2/c1-4-5-14-33(3)17(2)26(35)31-21-10-6-18(7-11-21)25-32-23-12-8-19(28)15-22(23)27(36)34(25)24-13-9-20(29)16-30-24/h6-13,15-17H,4-5,14H2,1-3H3,(H,31,35). The van der Waals surface area contributed by atoms with E-state index in [1.807, 2.05) is 31.0 Å². The molecule has 2 aromatic carbocycles. The Morgan fingerprint density at radius 3 is 2.47 bits per heavy atom. The molecule has 1 unspecified atom stereocenters. The lowest BCUT2D eigenvalue weighted by Gasteiger charge is -2.23. The van der Waals surface area contributed by atoms with Crippen LogP contribution in [0.25, 0.3) is 28.1 Å². The van der Waals surface area contributed by atoms with Gasteiger partial charge in [0.25, 0.3) is 5.56 Å². The van der Waals surface area contributed by atoms with E-state index in [1.165, 1.54) is 10.8 Å². The Bertz CT molecular complexity index is 1440. The number of halogens is 2. The van der Waals surface area contributed by atoms with Crippen molar-refractivity contribution in [3.8, 4) is 17.2 Å². The third-order valence-corrected chi connectivity index (χ3v) is 6.55. The van der Waals surface area contributed by atoms with E-state index in [0.717, 1.165) is 19.4 Å². The van der Waals surface area contributed by atoms with Crippen LogP contribution in [0.1, 0.15) is 26.7 Å². The molecule has 0 fully saturated rings. The number of nitrogens with one attached hydrogen (secondary N) is 1. The molecule has 0 aliphatic carbocycles. The van der Waals surface area contributed by atoms with Crippen molar-refractivity contribution in [2.75, 3.05) is 18.9 Å². The zero-order chi connectivity index (χ0) is 25.8. The van der Waals surface area contributed by atoms with Crippen LogP contribution in [0.15, 0.2) is 65.6 Å². The fourth-order valence-electron chi connectivity index (χ4n) is 3.81. The van der Waals surface area contributed by atoms with Gasteiger partial charge in [-0.1, -0.05) is 36.5 Å². The molecule has 0 saturated carbocycles. The number of unbranched alkanes of at least 4 members (excludes halogenated alkanes) is 1. The van der Waals surface area contributed by atoms with E-state index in [2.05, 4.69) is 17.2 Å². The Kier molecular flexibility index (Phi) is 8.04. The van der Waals surface area contributed by atoms with Gasteiger partial charge in [0.1, 0.15) is 11.6 Å². The molecule has 0 aliphatic heterocycles. The zero-order valence-corrected chi connectivity index (χ0v) is 21.8. The second kappa shape index (κ2) is 11.2. The van der Waals surface area contributed by atoms with Crippen LogP contribution in [-0.4, -0.2) is 45.0 Å². The quantitative estimate of drug-likeness (QED) is 0.315. The lowest BCUT2D eigenvalue weighted by atomic mass is 10.1. The first-order valence-electron chi connectivity index (χ1n) is 11.7. The van der Waals surface area contributed by atoms with E-state index in [4.69, 9.17) is 28.2 Å². The molecule has 0 bridgehead atoms. The molecule has 4 rings (SSSR count). The first kappa shape index (κ1) is 25.8. The molecule has 9 heteroatoms. The number of amides is 1. The van der Waals surface area contributed by atoms with Crippen molar-refractivity contribution in [2.45, 2.75) is 32.7 Å². The molecule has 36 heavy (non-hydrogen) atoms. The second-order valence-corrected chi connectivity index (χ2v) is 9.52. The summed E-state index contributed by atoms with van der Waals surface area (Å²) in [6, 6.07) is 15.3. The van der Waals surface area contributed by atoms with Gasteiger partial charge in [0, 0.05) is 22.5 Å². The van der Waals surface area contributed by atoms with E-state index in [-0.39, 0.29) is 17.5 Å². The minimum absolute atomic E-state index is 0.0793. The molecule has 2 heterocycles. The lowest BCUT2D eigenvalue weighted by molar-refractivity contribution is -0.120. The van der Waals surface area contributed by atoms with Crippen LogP contribution in [0.4, 0.5) is 5.69 Å². The molecule has 186 valence electrons. The van der Waals surface area contributed by atoms with Crippen molar-refractivity contribution in [3.05, 3.63) is 81.2 Å². The van der Waals surface area contributed by atoms with Crippen molar-refractivity contribution < 1.29 is 4.79 Å². The summed E-state index contributed by atoms with van der Waals surface area (Å²) in [6.45, 7) is 4.88. The summed E-state index contributed by atoms with van der Waals surface area (Å²) in [5.41, 5.74) is 1.57. The summed E-state index contributed by atoms with van der Waals surface area (Å²) >= 11 is 12.2. The van der Waals surface area contributed by atoms with Crippen LogP contribution in [0.3, 0.4) is 0 Å². The first-order chi connectivity index (χ1) is 17.3. The SMILES string of the molecule is CCCCN(C)C(C)C(=O)Nc1ccc(-c2nc3ccc(Cl)cc3c(=O)n2-c2ccc(Cl)cn2)cc1. The highest BCUT2D eigenvalue weighted by Gasteiger charge is 2.19. The van der Waals surface area contributed by atoms with Crippen molar-refractivity contribution in [1.82, 2.24) is 19.4 Å². The van der Waals surface area contributed by atoms with Crippen LogP contribution in [0, 0.1) is 0 Å². The Hall–Kier alpha value is -3.26. The minimum atomic E-state index is -0.298.